The summed E-state index contributed by atoms with van der Waals surface area (Å²) in [7, 11) is 0. The van der Waals surface area contributed by atoms with Gasteiger partial charge in [-0.05, 0) is 31.9 Å². The lowest BCUT2D eigenvalue weighted by atomic mass is 10.1. The zero-order chi connectivity index (χ0) is 15.4. The Hall–Kier alpha value is -1.59. The molecule has 0 bridgehead atoms. The molecule has 0 saturated carbocycles. The summed E-state index contributed by atoms with van der Waals surface area (Å²) in [5.41, 5.74) is 2.04. The van der Waals surface area contributed by atoms with Gasteiger partial charge in [-0.2, -0.15) is 0 Å². The normalized spacial score (nSPS) is 22.2. The van der Waals surface area contributed by atoms with Crippen LogP contribution in [0.3, 0.4) is 0 Å². The number of amides is 1. The minimum absolute atomic E-state index is 0.0105. The minimum Gasteiger partial charge on any atom is -0.483 e. The summed E-state index contributed by atoms with van der Waals surface area (Å²) in [4.78, 5) is 14.0. The molecule has 2 atom stereocenters. The fourth-order valence-electron chi connectivity index (χ4n) is 2.60. The number of hydrogen-bond acceptors (Lipinski definition) is 4. The first-order valence-corrected chi connectivity index (χ1v) is 7.24. The molecule has 0 radical (unpaired) electrons. The summed E-state index contributed by atoms with van der Waals surface area (Å²) in [6, 6.07) is 5.89. The van der Waals surface area contributed by atoms with Crippen LogP contribution in [0.15, 0.2) is 18.2 Å². The van der Waals surface area contributed by atoms with Crippen molar-refractivity contribution in [3.8, 4) is 5.75 Å². The van der Waals surface area contributed by atoms with Crippen molar-refractivity contribution in [3.05, 3.63) is 29.3 Å². The van der Waals surface area contributed by atoms with E-state index in [0.717, 1.165) is 16.9 Å². The summed E-state index contributed by atoms with van der Waals surface area (Å²) in [5, 5.41) is 9.19. The highest BCUT2D eigenvalue weighted by molar-refractivity contribution is 5.78. The molecule has 1 heterocycles. The lowest BCUT2D eigenvalue weighted by Crippen LogP contribution is -2.51. The van der Waals surface area contributed by atoms with Crippen LogP contribution in [0.1, 0.15) is 18.1 Å². The summed E-state index contributed by atoms with van der Waals surface area (Å²) in [5.74, 6) is 0.692. The number of morpholine rings is 1. The van der Waals surface area contributed by atoms with Gasteiger partial charge >= 0.3 is 0 Å². The highest BCUT2D eigenvalue weighted by atomic mass is 16.5. The number of aliphatic hydroxyl groups is 1. The Balaban J connectivity index is 1.95. The highest BCUT2D eigenvalue weighted by Gasteiger charge is 2.28. The molecule has 1 aromatic carbocycles. The summed E-state index contributed by atoms with van der Waals surface area (Å²) in [6.45, 7) is 6.70. The van der Waals surface area contributed by atoms with E-state index in [1.807, 2.05) is 39.0 Å². The van der Waals surface area contributed by atoms with Gasteiger partial charge in [0.2, 0.25) is 0 Å². The van der Waals surface area contributed by atoms with Crippen molar-refractivity contribution in [1.82, 2.24) is 4.90 Å². The van der Waals surface area contributed by atoms with Gasteiger partial charge < -0.3 is 19.5 Å². The van der Waals surface area contributed by atoms with Crippen molar-refractivity contribution in [2.45, 2.75) is 33.0 Å². The van der Waals surface area contributed by atoms with Crippen LogP contribution in [0.25, 0.3) is 0 Å². The summed E-state index contributed by atoms with van der Waals surface area (Å²) < 4.78 is 11.2. The smallest absolute Gasteiger partial charge is 0.260 e. The molecule has 1 aliphatic heterocycles. The number of para-hydroxylation sites is 1. The van der Waals surface area contributed by atoms with Crippen molar-refractivity contribution in [2.24, 2.45) is 0 Å². The standard InChI is InChI=1S/C16H23NO4/c1-11-5-4-6-12(2)16(11)20-10-15(19)17-7-13(3)21-14(8-17)9-18/h4-6,13-14,18H,7-10H2,1-3H3. The predicted molar refractivity (Wildman–Crippen MR) is 79.4 cm³/mol. The first kappa shape index (κ1) is 15.8. The Labute approximate surface area is 125 Å². The highest BCUT2D eigenvalue weighted by Crippen LogP contribution is 2.22. The molecule has 2 unspecified atom stereocenters. The lowest BCUT2D eigenvalue weighted by molar-refractivity contribution is -0.149. The van der Waals surface area contributed by atoms with Gasteiger partial charge in [-0.1, -0.05) is 18.2 Å². The van der Waals surface area contributed by atoms with Gasteiger partial charge in [0.05, 0.1) is 18.8 Å². The Morgan fingerprint density at radius 1 is 1.38 bits per heavy atom. The first-order chi connectivity index (χ1) is 10.0. The van der Waals surface area contributed by atoms with Crippen molar-refractivity contribution in [2.75, 3.05) is 26.3 Å². The number of benzene rings is 1. The number of nitrogens with zero attached hydrogens (tertiary/aromatic N) is 1. The van der Waals surface area contributed by atoms with Crippen molar-refractivity contribution < 1.29 is 19.4 Å². The van der Waals surface area contributed by atoms with Crippen LogP contribution in [0.5, 0.6) is 5.75 Å². The van der Waals surface area contributed by atoms with E-state index < -0.39 is 0 Å². The average Bonchev–Trinajstić information content (AvgIpc) is 2.45. The van der Waals surface area contributed by atoms with E-state index in [1.54, 1.807) is 4.90 Å². The monoisotopic (exact) mass is 293 g/mol. The van der Waals surface area contributed by atoms with E-state index in [-0.39, 0.29) is 31.3 Å². The number of hydrogen-bond donors (Lipinski definition) is 1. The third kappa shape index (κ3) is 3.95. The summed E-state index contributed by atoms with van der Waals surface area (Å²) in [6.07, 6.45) is -0.377. The molecule has 2 rings (SSSR count). The van der Waals surface area contributed by atoms with E-state index in [1.165, 1.54) is 0 Å². The van der Waals surface area contributed by atoms with E-state index in [9.17, 15) is 9.90 Å². The van der Waals surface area contributed by atoms with Crippen LogP contribution in [0, 0.1) is 13.8 Å². The molecule has 5 nitrogen and oxygen atoms in total. The molecule has 1 aliphatic rings. The number of carbonyl (C=O) groups excluding carboxylic acids is 1. The molecular weight excluding hydrogens is 270 g/mol. The SMILES string of the molecule is Cc1cccc(C)c1OCC(=O)N1CC(C)OC(CO)C1. The second-order valence-corrected chi connectivity index (χ2v) is 5.56. The molecule has 21 heavy (non-hydrogen) atoms. The van der Waals surface area contributed by atoms with Gasteiger partial charge in [0.15, 0.2) is 6.61 Å². The maximum atomic E-state index is 12.3. The van der Waals surface area contributed by atoms with Crippen LogP contribution in [-0.4, -0.2) is 54.4 Å². The van der Waals surface area contributed by atoms with Crippen LogP contribution in [0.2, 0.25) is 0 Å². The van der Waals surface area contributed by atoms with Gasteiger partial charge in [0.25, 0.3) is 5.91 Å². The predicted octanol–water partition coefficient (Wildman–Crippen LogP) is 1.29. The Kier molecular flexibility index (Phi) is 5.20. The number of aryl methyl sites for hydroxylation is 2. The maximum absolute atomic E-state index is 12.3. The number of ether oxygens (including phenoxy) is 2. The van der Waals surface area contributed by atoms with E-state index in [4.69, 9.17) is 9.47 Å². The molecule has 0 aromatic heterocycles. The second kappa shape index (κ2) is 6.91. The molecule has 1 amide bonds. The quantitative estimate of drug-likeness (QED) is 0.909. The maximum Gasteiger partial charge on any atom is 0.260 e. The van der Waals surface area contributed by atoms with E-state index in [2.05, 4.69) is 0 Å². The number of aliphatic hydroxyl groups excluding tert-OH is 1. The van der Waals surface area contributed by atoms with Crippen LogP contribution >= 0.6 is 0 Å². The molecule has 5 heteroatoms. The van der Waals surface area contributed by atoms with Crippen molar-refractivity contribution >= 4 is 5.91 Å². The van der Waals surface area contributed by atoms with Gasteiger partial charge in [-0.15, -0.1) is 0 Å². The van der Waals surface area contributed by atoms with Gasteiger partial charge in [0.1, 0.15) is 5.75 Å². The fourth-order valence-corrected chi connectivity index (χ4v) is 2.60. The van der Waals surface area contributed by atoms with Gasteiger partial charge in [0, 0.05) is 13.1 Å². The van der Waals surface area contributed by atoms with Crippen LogP contribution in [-0.2, 0) is 9.53 Å². The Bertz CT molecular complexity index is 483. The van der Waals surface area contributed by atoms with Crippen LogP contribution in [0.4, 0.5) is 0 Å². The fraction of sp³-hybridized carbons (Fsp3) is 0.562. The minimum atomic E-state index is -0.308. The molecular formula is C16H23NO4. The molecule has 1 aromatic rings. The zero-order valence-corrected chi connectivity index (χ0v) is 12.8. The average molecular weight is 293 g/mol. The number of rotatable bonds is 4. The molecule has 116 valence electrons. The van der Waals surface area contributed by atoms with Gasteiger partial charge in [-0.3, -0.25) is 4.79 Å². The van der Waals surface area contributed by atoms with Gasteiger partial charge in [-0.25, -0.2) is 0 Å². The summed E-state index contributed by atoms with van der Waals surface area (Å²) >= 11 is 0. The second-order valence-electron chi connectivity index (χ2n) is 5.56. The molecule has 0 aliphatic carbocycles. The third-order valence-electron chi connectivity index (χ3n) is 3.63. The number of carbonyl (C=O) groups is 1. The van der Waals surface area contributed by atoms with Crippen molar-refractivity contribution in [1.29, 1.82) is 0 Å². The Morgan fingerprint density at radius 3 is 2.67 bits per heavy atom. The molecule has 0 spiro atoms. The lowest BCUT2D eigenvalue weighted by Gasteiger charge is -2.36. The van der Waals surface area contributed by atoms with Crippen LogP contribution < -0.4 is 4.74 Å². The third-order valence-corrected chi connectivity index (χ3v) is 3.63. The van der Waals surface area contributed by atoms with E-state index in [0.29, 0.717) is 13.1 Å². The van der Waals surface area contributed by atoms with Crippen molar-refractivity contribution in [3.63, 3.8) is 0 Å². The molecule has 1 saturated heterocycles. The molecule has 1 N–H and O–H groups in total. The first-order valence-electron chi connectivity index (χ1n) is 7.24. The Morgan fingerprint density at radius 2 is 2.05 bits per heavy atom. The largest absolute Gasteiger partial charge is 0.483 e. The van der Waals surface area contributed by atoms with E-state index >= 15 is 0 Å². The zero-order valence-electron chi connectivity index (χ0n) is 12.8. The molecule has 1 fully saturated rings. The topological polar surface area (TPSA) is 59.0 Å².